The molecule has 0 saturated heterocycles. The highest BCUT2D eigenvalue weighted by atomic mass is 35.5. The third-order valence-corrected chi connectivity index (χ3v) is 10.0. The summed E-state index contributed by atoms with van der Waals surface area (Å²) in [6.07, 6.45) is 3.54. The van der Waals surface area contributed by atoms with Crippen LogP contribution in [0.3, 0.4) is 0 Å². The summed E-state index contributed by atoms with van der Waals surface area (Å²) in [6.45, 7) is 2.62. The molecule has 0 bridgehead atoms. The van der Waals surface area contributed by atoms with E-state index in [1.54, 1.807) is 4.80 Å². The molecule has 0 radical (unpaired) electrons. The molecule has 260 valence electrons. The average Bonchev–Trinajstić information content (AvgIpc) is 3.82. The van der Waals surface area contributed by atoms with Gasteiger partial charge in [-0.15, -0.1) is 15.0 Å². The first-order chi connectivity index (χ1) is 26.1. The van der Waals surface area contributed by atoms with Gasteiger partial charge in [0.1, 0.15) is 11.5 Å². The number of tetrazole rings is 1. The molecule has 0 fully saturated rings. The minimum Gasteiger partial charge on any atom is -0.320 e. The van der Waals surface area contributed by atoms with E-state index in [1.165, 1.54) is 0 Å². The summed E-state index contributed by atoms with van der Waals surface area (Å²) >= 11 is 6.34. The fourth-order valence-corrected chi connectivity index (χ4v) is 7.40. The van der Waals surface area contributed by atoms with Gasteiger partial charge in [-0.1, -0.05) is 152 Å². The lowest BCUT2D eigenvalue weighted by Gasteiger charge is -2.34. The van der Waals surface area contributed by atoms with Crippen LogP contribution < -0.4 is 0 Å². The Balaban J connectivity index is 1.18. The van der Waals surface area contributed by atoms with Crippen molar-refractivity contribution in [2.24, 2.45) is 0 Å². The van der Waals surface area contributed by atoms with Crippen LogP contribution in [0, 0.1) is 0 Å². The molecular weight excluding hydrogens is 678 g/mol. The molecule has 8 nitrogen and oxygen atoms in total. The predicted octanol–water partition coefficient (Wildman–Crippen LogP) is 9.45. The minimum atomic E-state index is -0.881. The molecule has 8 aromatic rings. The van der Waals surface area contributed by atoms with Gasteiger partial charge in [0.25, 0.3) is 0 Å². The highest BCUT2D eigenvalue weighted by Gasteiger charge is 2.41. The van der Waals surface area contributed by atoms with Gasteiger partial charge in [-0.2, -0.15) is 0 Å². The Bertz CT molecular complexity index is 2420. The van der Waals surface area contributed by atoms with E-state index in [0.29, 0.717) is 18.1 Å². The first kappa shape index (κ1) is 33.9. The van der Waals surface area contributed by atoms with Crippen molar-refractivity contribution >= 4 is 28.8 Å². The summed E-state index contributed by atoms with van der Waals surface area (Å²) in [5, 5.41) is 15.8. The summed E-state index contributed by atoms with van der Waals surface area (Å²) in [5.41, 5.74) is 6.96. The summed E-state index contributed by atoms with van der Waals surface area (Å²) < 4.78 is 1.92. The zero-order valence-corrected chi connectivity index (χ0v) is 29.9. The number of hydrogen-bond donors (Lipinski definition) is 0. The molecule has 0 N–H and O–H groups in total. The fourth-order valence-electron chi connectivity index (χ4n) is 7.15. The number of nitrogens with zero attached hydrogens (tertiary/aromatic N) is 7. The average molecular weight is 714 g/mol. The minimum absolute atomic E-state index is 0.247. The number of halogens is 1. The number of aromatic nitrogens is 7. The maximum Gasteiger partial charge on any atom is 0.205 e. The highest BCUT2D eigenvalue weighted by molar-refractivity contribution is 6.31. The van der Waals surface area contributed by atoms with E-state index in [1.807, 2.05) is 102 Å². The van der Waals surface area contributed by atoms with Crippen molar-refractivity contribution in [3.63, 3.8) is 0 Å². The van der Waals surface area contributed by atoms with Crippen molar-refractivity contribution in [1.82, 2.24) is 34.7 Å². The standard InChI is InChI=1S/C44H36ClN7O/c1-2-3-23-41-47-42(45)40(30-53)51(41)29-31-24-26-38-32(28-31)25-27-39(46-38)36-21-13-14-22-37(36)43-48-50-52(49-43)44(33-15-7-4-8-16-33,34-17-9-5-10-18-34)35-19-11-6-12-20-35/h4-22,24-28,30H,2-3,23,29H2,1H3. The van der Waals surface area contributed by atoms with E-state index >= 15 is 0 Å². The first-order valence-electron chi connectivity index (χ1n) is 17.8. The van der Waals surface area contributed by atoms with Crippen LogP contribution in [0.4, 0.5) is 0 Å². The van der Waals surface area contributed by atoms with Crippen molar-refractivity contribution in [2.45, 2.75) is 38.3 Å². The summed E-state index contributed by atoms with van der Waals surface area (Å²) in [6, 6.07) is 49.2. The largest absolute Gasteiger partial charge is 0.320 e. The number of fused-ring (bicyclic) bond motifs is 1. The topological polar surface area (TPSA) is 91.4 Å². The van der Waals surface area contributed by atoms with E-state index in [2.05, 4.69) is 60.4 Å². The molecule has 0 unspecified atom stereocenters. The molecule has 8 rings (SSSR count). The molecule has 0 spiro atoms. The van der Waals surface area contributed by atoms with Gasteiger partial charge >= 0.3 is 0 Å². The number of hydrogen-bond acceptors (Lipinski definition) is 6. The van der Waals surface area contributed by atoms with E-state index in [-0.39, 0.29) is 5.15 Å². The first-order valence-corrected chi connectivity index (χ1v) is 18.1. The zero-order chi connectivity index (χ0) is 36.2. The van der Waals surface area contributed by atoms with Gasteiger partial charge in [-0.05, 0) is 52.1 Å². The molecule has 5 aromatic carbocycles. The SMILES string of the molecule is CCCCc1nc(Cl)c(C=O)n1Cc1ccc2nc(-c3ccccc3-c3nnn(C(c4ccccc4)(c4ccccc4)c4ccccc4)n3)ccc2c1. The highest BCUT2D eigenvalue weighted by Crippen LogP contribution is 2.40. The lowest BCUT2D eigenvalue weighted by Crippen LogP contribution is -2.39. The Kier molecular flexibility index (Phi) is 9.44. The molecule has 53 heavy (non-hydrogen) atoms. The van der Waals surface area contributed by atoms with Gasteiger partial charge in [-0.3, -0.25) is 4.79 Å². The van der Waals surface area contributed by atoms with Crippen LogP contribution in [0.1, 0.15) is 58.3 Å². The molecule has 0 aliphatic heterocycles. The molecule has 0 saturated carbocycles. The van der Waals surface area contributed by atoms with Crippen LogP contribution in [0.15, 0.2) is 146 Å². The van der Waals surface area contributed by atoms with Crippen LogP contribution in [-0.4, -0.2) is 41.0 Å². The molecule has 0 amide bonds. The Labute approximate surface area is 312 Å². The van der Waals surface area contributed by atoms with Crippen LogP contribution in [0.2, 0.25) is 5.15 Å². The van der Waals surface area contributed by atoms with Crippen LogP contribution in [0.5, 0.6) is 0 Å². The molecule has 3 aromatic heterocycles. The van der Waals surface area contributed by atoms with Crippen molar-refractivity contribution in [3.05, 3.63) is 185 Å². The van der Waals surface area contributed by atoms with Gasteiger partial charge in [0.2, 0.25) is 5.82 Å². The molecule has 0 atom stereocenters. The lowest BCUT2D eigenvalue weighted by molar-refractivity contribution is 0.111. The maximum absolute atomic E-state index is 11.9. The molecule has 0 aliphatic rings. The second kappa shape index (κ2) is 14.8. The van der Waals surface area contributed by atoms with Gasteiger partial charge in [0.15, 0.2) is 17.0 Å². The summed E-state index contributed by atoms with van der Waals surface area (Å²) in [7, 11) is 0. The zero-order valence-electron chi connectivity index (χ0n) is 29.2. The molecular formula is C44H36ClN7O. The monoisotopic (exact) mass is 713 g/mol. The summed E-state index contributed by atoms with van der Waals surface area (Å²) in [5.74, 6) is 1.32. The number of aldehydes is 1. The quantitative estimate of drug-likeness (QED) is 0.0926. The fraction of sp³-hybridized carbons (Fsp3) is 0.136. The van der Waals surface area contributed by atoms with Gasteiger partial charge in [0.05, 0.1) is 11.2 Å². The van der Waals surface area contributed by atoms with Gasteiger partial charge < -0.3 is 4.57 Å². The van der Waals surface area contributed by atoms with Crippen LogP contribution >= 0.6 is 11.6 Å². The third-order valence-electron chi connectivity index (χ3n) is 9.73. The summed E-state index contributed by atoms with van der Waals surface area (Å²) in [4.78, 5) is 23.2. The van der Waals surface area contributed by atoms with Crippen molar-refractivity contribution in [1.29, 1.82) is 0 Å². The smallest absolute Gasteiger partial charge is 0.205 e. The van der Waals surface area contributed by atoms with Gasteiger partial charge in [-0.25, -0.2) is 9.97 Å². The second-order valence-corrected chi connectivity index (χ2v) is 13.3. The van der Waals surface area contributed by atoms with Crippen molar-refractivity contribution in [2.75, 3.05) is 0 Å². The number of imidazole rings is 1. The Morgan fingerprint density at radius 3 is 1.96 bits per heavy atom. The lowest BCUT2D eigenvalue weighted by atomic mass is 9.77. The van der Waals surface area contributed by atoms with E-state index in [0.717, 1.165) is 81.4 Å². The molecule has 3 heterocycles. The van der Waals surface area contributed by atoms with E-state index in [9.17, 15) is 4.79 Å². The number of benzene rings is 5. The normalized spacial score (nSPS) is 11.6. The number of pyridine rings is 1. The van der Waals surface area contributed by atoms with Crippen molar-refractivity contribution < 1.29 is 4.79 Å². The number of unbranched alkanes of at least 4 members (excludes halogenated alkanes) is 1. The van der Waals surface area contributed by atoms with Crippen LogP contribution in [0.25, 0.3) is 33.5 Å². The molecule has 0 aliphatic carbocycles. The Morgan fingerprint density at radius 2 is 1.34 bits per heavy atom. The molecule has 9 heteroatoms. The number of carbonyl (C=O) groups excluding carboxylic acids is 1. The number of rotatable bonds is 12. The number of carbonyl (C=O) groups is 1. The number of aryl methyl sites for hydroxylation is 1. The Hall–Kier alpha value is -6.25. The predicted molar refractivity (Wildman–Crippen MR) is 209 cm³/mol. The van der Waals surface area contributed by atoms with E-state index < -0.39 is 5.54 Å². The Morgan fingerprint density at radius 1 is 0.717 bits per heavy atom. The second-order valence-electron chi connectivity index (χ2n) is 13.0. The third kappa shape index (κ3) is 6.32. The van der Waals surface area contributed by atoms with Crippen molar-refractivity contribution in [3.8, 4) is 22.6 Å². The maximum atomic E-state index is 11.9. The van der Waals surface area contributed by atoms with Gasteiger partial charge in [0, 0.05) is 29.5 Å². The van der Waals surface area contributed by atoms with Crippen LogP contribution in [-0.2, 0) is 18.5 Å². The van der Waals surface area contributed by atoms with E-state index in [4.69, 9.17) is 32.0 Å².